The Hall–Kier alpha value is -2.83. The summed E-state index contributed by atoms with van der Waals surface area (Å²) in [6.07, 6.45) is 0. The van der Waals surface area contributed by atoms with Crippen molar-refractivity contribution >= 4 is 46.1 Å². The Balaban J connectivity index is 1.76. The number of hydrogen-bond donors (Lipinski definition) is 0. The van der Waals surface area contributed by atoms with E-state index in [9.17, 15) is 9.59 Å². The van der Waals surface area contributed by atoms with Gasteiger partial charge in [-0.1, -0.05) is 54.2 Å². The van der Waals surface area contributed by atoms with Crippen molar-refractivity contribution in [3.8, 4) is 0 Å². The summed E-state index contributed by atoms with van der Waals surface area (Å²) < 4.78 is 8.72. The topological polar surface area (TPSA) is 59.9 Å². The minimum Gasteiger partial charge on any atom is -0.289 e. The second kappa shape index (κ2) is 5.86. The van der Waals surface area contributed by atoms with E-state index in [2.05, 4.69) is 8.75 Å². The number of nitrogens with zero attached hydrogens (tertiary/aromatic N) is 2. The molecule has 1 aliphatic carbocycles. The molecule has 5 rings (SSSR count). The molecule has 0 N–H and O–H groups in total. The molecule has 3 aromatic carbocycles. The van der Waals surface area contributed by atoms with E-state index in [1.807, 2.05) is 30.3 Å². The molecular weight excluding hydrogens is 364 g/mol. The normalized spacial score (nSPS) is 12.9. The average molecular weight is 374 g/mol. The van der Waals surface area contributed by atoms with Gasteiger partial charge in [0.25, 0.3) is 0 Å². The van der Waals surface area contributed by atoms with Gasteiger partial charge in [-0.15, -0.1) is 0 Å². The van der Waals surface area contributed by atoms with E-state index in [1.165, 1.54) is 11.8 Å². The number of carbonyl (C=O) groups is 2. The lowest BCUT2D eigenvalue weighted by molar-refractivity contribution is 0.0980. The van der Waals surface area contributed by atoms with Gasteiger partial charge in [0, 0.05) is 26.5 Å². The van der Waals surface area contributed by atoms with Gasteiger partial charge in [-0.25, -0.2) is 0 Å². The standard InChI is InChI=1S/C20H10N2O2S2/c23-19-12-8-4-5-9-13(12)20(24)16-14(19)10-15(17-18(16)22-26-21-17)25-11-6-2-1-3-7-11/h1-10H. The molecule has 0 aliphatic heterocycles. The van der Waals surface area contributed by atoms with Crippen LogP contribution in [0.3, 0.4) is 0 Å². The fourth-order valence-electron chi connectivity index (χ4n) is 3.17. The summed E-state index contributed by atoms with van der Waals surface area (Å²) in [6.45, 7) is 0. The fraction of sp³-hybridized carbons (Fsp3) is 0. The second-order valence-electron chi connectivity index (χ2n) is 5.88. The summed E-state index contributed by atoms with van der Waals surface area (Å²) in [5, 5.41) is 0. The van der Waals surface area contributed by atoms with Crippen molar-refractivity contribution in [2.75, 3.05) is 0 Å². The molecule has 0 bridgehead atoms. The van der Waals surface area contributed by atoms with E-state index >= 15 is 0 Å². The van der Waals surface area contributed by atoms with Crippen molar-refractivity contribution < 1.29 is 9.59 Å². The summed E-state index contributed by atoms with van der Waals surface area (Å²) >= 11 is 2.58. The van der Waals surface area contributed by atoms with Gasteiger partial charge < -0.3 is 0 Å². The molecule has 26 heavy (non-hydrogen) atoms. The fourth-order valence-corrected chi connectivity index (χ4v) is 4.76. The Morgan fingerprint density at radius 3 is 2.15 bits per heavy atom. The minimum absolute atomic E-state index is 0.139. The van der Waals surface area contributed by atoms with E-state index in [1.54, 1.807) is 30.3 Å². The SMILES string of the molecule is O=C1c2ccccc2C(=O)c2c1cc(Sc1ccccc1)c1nsnc21. The van der Waals surface area contributed by atoms with Gasteiger partial charge in [0.2, 0.25) is 0 Å². The van der Waals surface area contributed by atoms with Crippen LogP contribution in [0.5, 0.6) is 0 Å². The number of benzene rings is 3. The van der Waals surface area contributed by atoms with Crippen LogP contribution in [-0.4, -0.2) is 20.3 Å². The van der Waals surface area contributed by atoms with Crippen LogP contribution in [-0.2, 0) is 0 Å². The molecule has 1 heterocycles. The van der Waals surface area contributed by atoms with Crippen LogP contribution in [0.1, 0.15) is 31.8 Å². The van der Waals surface area contributed by atoms with Crippen molar-refractivity contribution in [2.24, 2.45) is 0 Å². The molecule has 0 unspecified atom stereocenters. The molecule has 4 aromatic rings. The number of ketones is 2. The smallest absolute Gasteiger partial charge is 0.196 e. The van der Waals surface area contributed by atoms with Crippen LogP contribution >= 0.6 is 23.5 Å². The molecule has 6 heteroatoms. The lowest BCUT2D eigenvalue weighted by atomic mass is 9.83. The quantitative estimate of drug-likeness (QED) is 0.451. The van der Waals surface area contributed by atoms with Crippen molar-refractivity contribution in [2.45, 2.75) is 9.79 Å². The molecule has 0 amide bonds. The summed E-state index contributed by atoms with van der Waals surface area (Å²) in [7, 11) is 0. The highest BCUT2D eigenvalue weighted by Crippen LogP contribution is 2.39. The maximum absolute atomic E-state index is 13.0. The maximum Gasteiger partial charge on any atom is 0.196 e. The Morgan fingerprint density at radius 2 is 1.38 bits per heavy atom. The number of hydrogen-bond acceptors (Lipinski definition) is 6. The number of fused-ring (bicyclic) bond motifs is 4. The molecule has 0 spiro atoms. The largest absolute Gasteiger partial charge is 0.289 e. The molecule has 0 fully saturated rings. The zero-order valence-electron chi connectivity index (χ0n) is 13.3. The van der Waals surface area contributed by atoms with Crippen LogP contribution in [0.2, 0.25) is 0 Å². The highest BCUT2D eigenvalue weighted by molar-refractivity contribution is 7.99. The molecule has 0 radical (unpaired) electrons. The van der Waals surface area contributed by atoms with Gasteiger partial charge in [-0.05, 0) is 18.2 Å². The zero-order chi connectivity index (χ0) is 17.7. The molecule has 124 valence electrons. The van der Waals surface area contributed by atoms with Crippen LogP contribution in [0.15, 0.2) is 70.5 Å². The summed E-state index contributed by atoms with van der Waals surface area (Å²) in [4.78, 5) is 27.9. The third kappa shape index (κ3) is 2.23. The highest BCUT2D eigenvalue weighted by Gasteiger charge is 2.33. The molecule has 1 aromatic heterocycles. The van der Waals surface area contributed by atoms with Gasteiger partial charge in [0.1, 0.15) is 11.0 Å². The summed E-state index contributed by atoms with van der Waals surface area (Å²) in [5.74, 6) is -0.302. The van der Waals surface area contributed by atoms with Gasteiger partial charge >= 0.3 is 0 Å². The van der Waals surface area contributed by atoms with Crippen molar-refractivity contribution in [3.63, 3.8) is 0 Å². The van der Waals surface area contributed by atoms with Gasteiger partial charge in [-0.3, -0.25) is 9.59 Å². The first-order valence-electron chi connectivity index (χ1n) is 7.94. The maximum atomic E-state index is 13.0. The first-order valence-corrected chi connectivity index (χ1v) is 9.49. The van der Waals surface area contributed by atoms with Crippen LogP contribution < -0.4 is 0 Å². The molecule has 1 aliphatic rings. The zero-order valence-corrected chi connectivity index (χ0v) is 14.9. The van der Waals surface area contributed by atoms with Crippen molar-refractivity contribution in [1.82, 2.24) is 8.75 Å². The third-order valence-electron chi connectivity index (χ3n) is 4.36. The second-order valence-corrected chi connectivity index (χ2v) is 7.52. The Morgan fingerprint density at radius 1 is 0.731 bits per heavy atom. The highest BCUT2D eigenvalue weighted by atomic mass is 32.2. The number of rotatable bonds is 2. The van der Waals surface area contributed by atoms with E-state index in [4.69, 9.17) is 0 Å². The van der Waals surface area contributed by atoms with E-state index in [0.29, 0.717) is 33.3 Å². The minimum atomic E-state index is -0.163. The van der Waals surface area contributed by atoms with Gasteiger partial charge in [0.15, 0.2) is 11.6 Å². The van der Waals surface area contributed by atoms with E-state index < -0.39 is 0 Å². The van der Waals surface area contributed by atoms with E-state index in [-0.39, 0.29) is 11.6 Å². The first kappa shape index (κ1) is 15.4. The molecule has 4 nitrogen and oxygen atoms in total. The predicted octanol–water partition coefficient (Wildman–Crippen LogP) is 4.62. The average Bonchev–Trinajstić information content (AvgIpc) is 3.17. The lowest BCUT2D eigenvalue weighted by Crippen LogP contribution is -2.21. The van der Waals surface area contributed by atoms with Crippen LogP contribution in [0, 0.1) is 0 Å². The first-order chi connectivity index (χ1) is 12.7. The monoisotopic (exact) mass is 374 g/mol. The van der Waals surface area contributed by atoms with Crippen LogP contribution in [0.4, 0.5) is 0 Å². The molecule has 0 atom stereocenters. The van der Waals surface area contributed by atoms with Crippen molar-refractivity contribution in [3.05, 3.63) is 82.9 Å². The molecule has 0 saturated heterocycles. The molecular formula is C20H10N2O2S2. The Kier molecular flexibility index (Phi) is 3.48. The Bertz CT molecular complexity index is 1200. The molecule has 0 saturated carbocycles. The number of carbonyl (C=O) groups excluding carboxylic acids is 2. The van der Waals surface area contributed by atoms with Gasteiger partial charge in [0.05, 0.1) is 17.3 Å². The van der Waals surface area contributed by atoms with Gasteiger partial charge in [-0.2, -0.15) is 8.75 Å². The van der Waals surface area contributed by atoms with Crippen molar-refractivity contribution in [1.29, 1.82) is 0 Å². The predicted molar refractivity (Wildman–Crippen MR) is 101 cm³/mol. The van der Waals surface area contributed by atoms with E-state index in [0.717, 1.165) is 21.5 Å². The third-order valence-corrected chi connectivity index (χ3v) is 5.93. The van der Waals surface area contributed by atoms with Crippen LogP contribution in [0.25, 0.3) is 11.0 Å². The number of aromatic nitrogens is 2. The summed E-state index contributed by atoms with van der Waals surface area (Å²) in [5.41, 5.74) is 2.84. The summed E-state index contributed by atoms with van der Waals surface area (Å²) in [6, 6.07) is 18.6. The Labute approximate surface area is 157 Å². The lowest BCUT2D eigenvalue weighted by Gasteiger charge is -2.18.